The van der Waals surface area contributed by atoms with Crippen molar-refractivity contribution in [3.05, 3.63) is 58.1 Å². The summed E-state index contributed by atoms with van der Waals surface area (Å²) in [6, 6.07) is 9.57. The summed E-state index contributed by atoms with van der Waals surface area (Å²) in [6.45, 7) is -0.236. The van der Waals surface area contributed by atoms with Crippen molar-refractivity contribution in [3.63, 3.8) is 0 Å². The van der Waals surface area contributed by atoms with E-state index < -0.39 is 19.2 Å². The molecule has 118 valence electrons. The van der Waals surface area contributed by atoms with Crippen molar-refractivity contribution in [1.82, 2.24) is 0 Å². The molecular weight excluding hydrogens is 304 g/mol. The van der Waals surface area contributed by atoms with Crippen molar-refractivity contribution in [2.75, 3.05) is 0 Å². The van der Waals surface area contributed by atoms with Gasteiger partial charge in [-0.15, -0.1) is 0 Å². The van der Waals surface area contributed by atoms with Gasteiger partial charge in [0.05, 0.1) is 11.5 Å². The van der Waals surface area contributed by atoms with Gasteiger partial charge in [-0.2, -0.15) is 0 Å². The number of phenolic OH excluding ortho intramolecular Hbond substituents is 1. The number of non-ortho nitro benzene ring substituents is 1. The summed E-state index contributed by atoms with van der Waals surface area (Å²) >= 11 is 0. The van der Waals surface area contributed by atoms with Gasteiger partial charge in [-0.3, -0.25) is 10.1 Å². The van der Waals surface area contributed by atoms with Gasteiger partial charge in [0.25, 0.3) is 5.69 Å². The molecule has 0 unspecified atom stereocenters. The minimum Gasteiger partial charge on any atom is -0.508 e. The van der Waals surface area contributed by atoms with Gasteiger partial charge >= 0.3 is 14.2 Å². The summed E-state index contributed by atoms with van der Waals surface area (Å²) in [4.78, 5) is 10.1. The van der Waals surface area contributed by atoms with Crippen molar-refractivity contribution in [3.8, 4) is 5.75 Å². The third kappa shape index (κ3) is 4.08. The Morgan fingerprint density at radius 2 is 1.78 bits per heavy atom. The number of nitro benzene ring substituents is 1. The third-order valence-electron chi connectivity index (χ3n) is 3.22. The van der Waals surface area contributed by atoms with Crippen LogP contribution in [0.2, 0.25) is 0 Å². The Bertz CT molecular complexity index is 710. The number of rotatable bonds is 6. The van der Waals surface area contributed by atoms with Gasteiger partial charge in [-0.1, -0.05) is 24.3 Å². The van der Waals surface area contributed by atoms with Gasteiger partial charge in [0.2, 0.25) is 0 Å². The Hall–Kier alpha value is -2.39. The first-order valence-electron chi connectivity index (χ1n) is 6.61. The molecule has 0 aliphatic heterocycles. The fourth-order valence-corrected chi connectivity index (χ4v) is 2.02. The van der Waals surface area contributed by atoms with E-state index in [1.165, 1.54) is 24.3 Å². The highest BCUT2D eigenvalue weighted by Crippen LogP contribution is 2.12. The van der Waals surface area contributed by atoms with Crippen molar-refractivity contribution in [2.45, 2.75) is 6.61 Å². The zero-order valence-electron chi connectivity index (χ0n) is 11.9. The summed E-state index contributed by atoms with van der Waals surface area (Å²) in [7, 11) is -3.36. The van der Waals surface area contributed by atoms with Crippen LogP contribution in [0.5, 0.6) is 5.75 Å². The summed E-state index contributed by atoms with van der Waals surface area (Å²) in [6.07, 6.45) is 0. The van der Waals surface area contributed by atoms with Crippen molar-refractivity contribution in [2.24, 2.45) is 0 Å². The minimum absolute atomic E-state index is 0.0938. The number of hydrogen-bond donors (Lipinski definition) is 4. The molecule has 0 amide bonds. The molecule has 0 fully saturated rings. The zero-order chi connectivity index (χ0) is 17.0. The van der Waals surface area contributed by atoms with E-state index in [1.54, 1.807) is 12.1 Å². The second kappa shape index (κ2) is 7.25. The molecule has 0 heterocycles. The monoisotopic (exact) mass is 317 g/mol. The van der Waals surface area contributed by atoms with E-state index in [1.807, 2.05) is 0 Å². The van der Waals surface area contributed by atoms with Crippen LogP contribution in [0.4, 0.5) is 5.69 Å². The fraction of sp³-hybridized carbons (Fsp3) is 0.0769. The molecule has 8 nitrogen and oxygen atoms in total. The molecule has 10 heteroatoms. The molecule has 0 aliphatic rings. The summed E-state index contributed by atoms with van der Waals surface area (Å²) in [5, 5.41) is 48.9. The van der Waals surface area contributed by atoms with Crippen LogP contribution >= 0.6 is 0 Å². The van der Waals surface area contributed by atoms with E-state index in [0.29, 0.717) is 0 Å². The van der Waals surface area contributed by atoms with Crippen LogP contribution in [0, 0.1) is 10.1 Å². The van der Waals surface area contributed by atoms with Gasteiger partial charge in [0, 0.05) is 17.6 Å². The largest absolute Gasteiger partial charge is 0.508 e. The second-order valence-corrected chi connectivity index (χ2v) is 4.74. The quantitative estimate of drug-likeness (QED) is 0.301. The van der Waals surface area contributed by atoms with Crippen LogP contribution in [-0.4, -0.2) is 39.3 Å². The van der Waals surface area contributed by atoms with Crippen LogP contribution in [0.3, 0.4) is 0 Å². The molecule has 0 bridgehead atoms. The van der Waals surface area contributed by atoms with Crippen molar-refractivity contribution < 1.29 is 29.8 Å². The van der Waals surface area contributed by atoms with E-state index in [9.17, 15) is 30.3 Å². The summed E-state index contributed by atoms with van der Waals surface area (Å²) < 4.78 is 5.19. The average Bonchev–Trinajstić information content (AvgIpc) is 2.52. The van der Waals surface area contributed by atoms with Gasteiger partial charge in [0.15, 0.2) is 0 Å². The average molecular weight is 317 g/mol. The molecule has 2 aromatic carbocycles. The maximum Gasteiger partial charge on any atom is 0.495 e. The van der Waals surface area contributed by atoms with E-state index in [4.69, 9.17) is 4.65 Å². The second-order valence-electron chi connectivity index (χ2n) is 4.74. The smallest absolute Gasteiger partial charge is 0.495 e. The predicted octanol–water partition coefficient (Wildman–Crippen LogP) is -1.12. The molecule has 2 aromatic rings. The van der Waals surface area contributed by atoms with Gasteiger partial charge < -0.3 is 24.8 Å². The standard InChI is InChI=1S/C13H13B2NO7/c17-13-4-2-1-3-11(13)15(20)23-8-9-5-6-10(16(21)22)7-12(9)14(18)19/h1-7,17-20H,8H2. The Kier molecular flexibility index (Phi) is 5.35. The first-order valence-corrected chi connectivity index (χ1v) is 6.61. The zero-order valence-corrected chi connectivity index (χ0v) is 11.9. The lowest BCUT2D eigenvalue weighted by molar-refractivity contribution is -0.384. The number of benzene rings is 2. The van der Waals surface area contributed by atoms with E-state index in [-0.39, 0.29) is 34.5 Å². The number of hydrogen-bond acceptors (Lipinski definition) is 7. The number of para-hydroxylation sites is 1. The molecule has 2 rings (SSSR count). The number of nitrogens with zero attached hydrogens (tertiary/aromatic N) is 1. The molecule has 0 saturated heterocycles. The summed E-state index contributed by atoms with van der Waals surface area (Å²) in [5.41, 5.74) is 0.0300. The van der Waals surface area contributed by atoms with Crippen LogP contribution in [-0.2, 0) is 11.3 Å². The Morgan fingerprint density at radius 3 is 2.39 bits per heavy atom. The fourth-order valence-electron chi connectivity index (χ4n) is 2.02. The first kappa shape index (κ1) is 17.0. The maximum atomic E-state index is 10.7. The molecule has 0 atom stereocenters. The Labute approximate surface area is 132 Å². The molecule has 0 aromatic heterocycles. The lowest BCUT2D eigenvalue weighted by Gasteiger charge is -2.12. The first-order chi connectivity index (χ1) is 10.9. The molecule has 23 heavy (non-hydrogen) atoms. The molecule has 0 spiro atoms. The van der Waals surface area contributed by atoms with Crippen LogP contribution in [0.1, 0.15) is 5.56 Å². The number of phenols is 1. The molecule has 0 saturated carbocycles. The van der Waals surface area contributed by atoms with Gasteiger partial charge in [0.1, 0.15) is 5.75 Å². The molecular formula is C13H13B2NO7. The van der Waals surface area contributed by atoms with E-state index in [2.05, 4.69) is 0 Å². The molecule has 4 N–H and O–H groups in total. The van der Waals surface area contributed by atoms with E-state index >= 15 is 0 Å². The Balaban J connectivity index is 2.17. The SMILES string of the molecule is O=[N+]([O-])c1ccc(COB(O)c2ccccc2O)c(B(O)O)c1. The highest BCUT2D eigenvalue weighted by atomic mass is 16.6. The summed E-state index contributed by atoms with van der Waals surface area (Å²) in [5.74, 6) is -0.147. The van der Waals surface area contributed by atoms with E-state index in [0.717, 1.165) is 6.07 Å². The molecule has 0 radical (unpaired) electrons. The maximum absolute atomic E-state index is 10.7. The predicted molar refractivity (Wildman–Crippen MR) is 83.4 cm³/mol. The minimum atomic E-state index is -1.92. The normalized spacial score (nSPS) is 10.4. The molecule has 0 aliphatic carbocycles. The Morgan fingerprint density at radius 1 is 1.09 bits per heavy atom. The highest BCUT2D eigenvalue weighted by molar-refractivity contribution is 6.61. The topological polar surface area (TPSA) is 133 Å². The highest BCUT2D eigenvalue weighted by Gasteiger charge is 2.24. The van der Waals surface area contributed by atoms with Crippen LogP contribution in [0.15, 0.2) is 42.5 Å². The van der Waals surface area contributed by atoms with Crippen molar-refractivity contribution >= 4 is 30.8 Å². The lowest BCUT2D eigenvalue weighted by atomic mass is 9.76. The van der Waals surface area contributed by atoms with Crippen LogP contribution < -0.4 is 10.9 Å². The number of aromatic hydroxyl groups is 1. The van der Waals surface area contributed by atoms with Crippen LogP contribution in [0.25, 0.3) is 0 Å². The van der Waals surface area contributed by atoms with Crippen molar-refractivity contribution in [1.29, 1.82) is 0 Å². The lowest BCUT2D eigenvalue weighted by Crippen LogP contribution is -2.37. The number of nitro groups is 1. The van der Waals surface area contributed by atoms with Gasteiger partial charge in [-0.05, 0) is 17.1 Å². The van der Waals surface area contributed by atoms with Gasteiger partial charge in [-0.25, -0.2) is 0 Å². The third-order valence-corrected chi connectivity index (χ3v) is 3.22.